The first-order chi connectivity index (χ1) is 12.0. The molecule has 166 valence electrons. The molecule has 0 bridgehead atoms. The third kappa shape index (κ3) is 3.64. The van der Waals surface area contributed by atoms with Crippen LogP contribution < -0.4 is 0 Å². The predicted octanol–water partition coefficient (Wildman–Crippen LogP) is 4.30. The van der Waals surface area contributed by atoms with Crippen molar-refractivity contribution >= 4 is 5.97 Å². The van der Waals surface area contributed by atoms with Crippen molar-refractivity contribution in [2.75, 3.05) is 6.61 Å². The molecule has 0 aliphatic rings. The predicted molar refractivity (Wildman–Crippen MR) is 67.1 cm³/mol. The number of carbonyl (C=O) groups excluding carboxylic acids is 1. The van der Waals surface area contributed by atoms with Crippen molar-refractivity contribution < 1.29 is 67.3 Å². The molecule has 2 unspecified atom stereocenters. The van der Waals surface area contributed by atoms with E-state index in [0.29, 0.717) is 0 Å². The minimum Gasteiger partial charge on any atom is -0.459 e. The Morgan fingerprint density at radius 1 is 0.821 bits per heavy atom. The SMILES string of the molecule is C=CC(=O)OCC(C)(O)C(F)(F)C(F)(F)C(F)(F)C(F)(F)C(C)(F)C(F)(F)F. The highest BCUT2D eigenvalue weighted by atomic mass is 19.4. The summed E-state index contributed by atoms with van der Waals surface area (Å²) in [6, 6.07) is 0. The van der Waals surface area contributed by atoms with Gasteiger partial charge in [-0.15, -0.1) is 0 Å². The van der Waals surface area contributed by atoms with Gasteiger partial charge >= 0.3 is 35.8 Å². The molecule has 0 spiro atoms. The highest BCUT2D eigenvalue weighted by Gasteiger charge is 2.90. The number of esters is 1. The average Bonchev–Trinajstić information content (AvgIpc) is 2.50. The Hall–Kier alpha value is -1.67. The van der Waals surface area contributed by atoms with Crippen molar-refractivity contribution in [1.82, 2.24) is 0 Å². The van der Waals surface area contributed by atoms with Gasteiger partial charge in [-0.2, -0.15) is 48.3 Å². The molecule has 3 nitrogen and oxygen atoms in total. The van der Waals surface area contributed by atoms with Crippen molar-refractivity contribution in [3.63, 3.8) is 0 Å². The van der Waals surface area contributed by atoms with E-state index in [1.54, 1.807) is 0 Å². The molecular formula is C13H12F12O3. The molecule has 0 aromatic heterocycles. The summed E-state index contributed by atoms with van der Waals surface area (Å²) in [5.41, 5.74) is -10.9. The van der Waals surface area contributed by atoms with E-state index >= 15 is 0 Å². The van der Waals surface area contributed by atoms with Crippen LogP contribution in [0.5, 0.6) is 0 Å². The quantitative estimate of drug-likeness (QED) is 0.345. The van der Waals surface area contributed by atoms with Gasteiger partial charge in [0, 0.05) is 6.08 Å². The zero-order chi connectivity index (χ0) is 23.2. The van der Waals surface area contributed by atoms with Gasteiger partial charge in [-0.1, -0.05) is 6.58 Å². The molecule has 0 saturated heterocycles. The zero-order valence-corrected chi connectivity index (χ0v) is 13.8. The second-order valence-electron chi connectivity index (χ2n) is 5.88. The molecule has 15 heteroatoms. The fourth-order valence-corrected chi connectivity index (χ4v) is 1.57. The lowest BCUT2D eigenvalue weighted by molar-refractivity contribution is -0.427. The Balaban J connectivity index is 6.31. The van der Waals surface area contributed by atoms with Gasteiger partial charge in [0.2, 0.25) is 0 Å². The number of hydrogen-bond donors (Lipinski definition) is 1. The van der Waals surface area contributed by atoms with Crippen molar-refractivity contribution in [1.29, 1.82) is 0 Å². The average molecular weight is 444 g/mol. The van der Waals surface area contributed by atoms with Crippen LogP contribution in [-0.4, -0.2) is 58.8 Å². The molecule has 0 aliphatic heterocycles. The number of carbonyl (C=O) groups is 1. The van der Waals surface area contributed by atoms with Crippen LogP contribution in [0.3, 0.4) is 0 Å². The number of alkyl halides is 12. The van der Waals surface area contributed by atoms with Gasteiger partial charge in [-0.25, -0.2) is 9.18 Å². The van der Waals surface area contributed by atoms with Crippen LogP contribution in [0.1, 0.15) is 13.8 Å². The third-order valence-electron chi connectivity index (χ3n) is 3.64. The number of hydrogen-bond acceptors (Lipinski definition) is 3. The monoisotopic (exact) mass is 444 g/mol. The summed E-state index contributed by atoms with van der Waals surface area (Å²) < 4.78 is 163. The van der Waals surface area contributed by atoms with Gasteiger partial charge in [-0.3, -0.25) is 0 Å². The van der Waals surface area contributed by atoms with Crippen molar-refractivity contribution in [3.05, 3.63) is 12.7 Å². The molecule has 0 aliphatic carbocycles. The van der Waals surface area contributed by atoms with Crippen LogP contribution in [0.4, 0.5) is 52.7 Å². The lowest BCUT2D eigenvalue weighted by Crippen LogP contribution is -2.74. The molecule has 0 aromatic carbocycles. The highest BCUT2D eigenvalue weighted by molar-refractivity contribution is 5.81. The van der Waals surface area contributed by atoms with E-state index in [9.17, 15) is 62.6 Å². The summed E-state index contributed by atoms with van der Waals surface area (Å²) in [7, 11) is 0. The van der Waals surface area contributed by atoms with Crippen molar-refractivity contribution in [2.24, 2.45) is 0 Å². The summed E-state index contributed by atoms with van der Waals surface area (Å²) >= 11 is 0. The Bertz CT molecular complexity index is 606. The molecule has 0 fully saturated rings. The molecule has 2 atom stereocenters. The molecule has 28 heavy (non-hydrogen) atoms. The molecule has 1 N–H and O–H groups in total. The first-order valence-electron chi connectivity index (χ1n) is 6.74. The molecule has 0 saturated carbocycles. The number of rotatable bonds is 8. The van der Waals surface area contributed by atoms with Crippen molar-refractivity contribution in [2.45, 2.75) is 55.0 Å². The van der Waals surface area contributed by atoms with Gasteiger partial charge in [0.1, 0.15) is 6.61 Å². The second-order valence-corrected chi connectivity index (χ2v) is 5.88. The van der Waals surface area contributed by atoms with E-state index in [4.69, 9.17) is 0 Å². The Labute approximate surface area is 148 Å². The summed E-state index contributed by atoms with van der Waals surface area (Å²) in [5.74, 6) is -30.8. The lowest BCUT2D eigenvalue weighted by Gasteiger charge is -2.44. The second kappa shape index (κ2) is 6.99. The van der Waals surface area contributed by atoms with E-state index in [1.165, 1.54) is 0 Å². The summed E-state index contributed by atoms with van der Waals surface area (Å²) in [6.07, 6.45) is -6.61. The van der Waals surface area contributed by atoms with Crippen LogP contribution in [0, 0.1) is 0 Å². The van der Waals surface area contributed by atoms with E-state index in [1.807, 2.05) is 0 Å². The van der Waals surface area contributed by atoms with Gasteiger partial charge in [0.05, 0.1) is 0 Å². The largest absolute Gasteiger partial charge is 0.459 e. The van der Waals surface area contributed by atoms with E-state index in [2.05, 4.69) is 11.3 Å². The first-order valence-corrected chi connectivity index (χ1v) is 6.74. The fraction of sp³-hybridized carbons (Fsp3) is 0.769. The van der Waals surface area contributed by atoms with E-state index in [0.717, 1.165) is 0 Å². The van der Waals surface area contributed by atoms with Crippen LogP contribution in [0.2, 0.25) is 0 Å². The standard InChI is InChI=1S/C13H12F12O3/c1-4-6(26)28-5-7(2,27)9(15,16)11(19,20)12(21,22)10(17,18)8(3,14)13(23,24)25/h4,27H,1,5H2,2-3H3. The summed E-state index contributed by atoms with van der Waals surface area (Å²) in [6.45, 7) is -1.06. The Morgan fingerprint density at radius 2 is 1.18 bits per heavy atom. The maximum Gasteiger partial charge on any atom is 0.428 e. The van der Waals surface area contributed by atoms with Crippen LogP contribution in [0.15, 0.2) is 12.7 Å². The normalized spacial score (nSPS) is 18.8. The molecule has 0 rings (SSSR count). The summed E-state index contributed by atoms with van der Waals surface area (Å²) in [5, 5.41) is 9.28. The lowest BCUT2D eigenvalue weighted by atomic mass is 9.83. The summed E-state index contributed by atoms with van der Waals surface area (Å²) in [4.78, 5) is 10.7. The van der Waals surface area contributed by atoms with Gasteiger partial charge in [0.15, 0.2) is 5.60 Å². The van der Waals surface area contributed by atoms with E-state index < -0.39 is 60.6 Å². The fourth-order valence-electron chi connectivity index (χ4n) is 1.57. The van der Waals surface area contributed by atoms with Gasteiger partial charge in [-0.05, 0) is 13.8 Å². The molecule has 0 amide bonds. The van der Waals surface area contributed by atoms with E-state index in [-0.39, 0.29) is 13.0 Å². The van der Waals surface area contributed by atoms with Crippen LogP contribution >= 0.6 is 0 Å². The maximum atomic E-state index is 13.8. The third-order valence-corrected chi connectivity index (χ3v) is 3.64. The van der Waals surface area contributed by atoms with Crippen LogP contribution in [0.25, 0.3) is 0 Å². The number of ether oxygens (including phenoxy) is 1. The number of halogens is 12. The maximum absolute atomic E-state index is 13.8. The molecule has 0 heterocycles. The first kappa shape index (κ1) is 26.3. The van der Waals surface area contributed by atoms with Gasteiger partial charge in [0.25, 0.3) is 5.67 Å². The van der Waals surface area contributed by atoms with Gasteiger partial charge < -0.3 is 9.84 Å². The highest BCUT2D eigenvalue weighted by Crippen LogP contribution is 2.61. The topological polar surface area (TPSA) is 46.5 Å². The number of aliphatic hydroxyl groups is 1. The molecular weight excluding hydrogens is 432 g/mol. The Kier molecular flexibility index (Phi) is 6.57. The zero-order valence-electron chi connectivity index (χ0n) is 13.8. The minimum absolute atomic E-state index is 0.257. The molecule has 0 radical (unpaired) electrons. The smallest absolute Gasteiger partial charge is 0.428 e. The van der Waals surface area contributed by atoms with Crippen molar-refractivity contribution in [3.8, 4) is 0 Å². The molecule has 0 aromatic rings. The van der Waals surface area contributed by atoms with Crippen LogP contribution in [-0.2, 0) is 9.53 Å². The minimum atomic E-state index is -7.67. The Morgan fingerprint density at radius 3 is 1.50 bits per heavy atom.